The van der Waals surface area contributed by atoms with Crippen LogP contribution < -0.4 is 9.62 Å². The van der Waals surface area contributed by atoms with Gasteiger partial charge in [0.05, 0.1) is 18.5 Å². The van der Waals surface area contributed by atoms with E-state index in [1.54, 1.807) is 42.5 Å². The summed E-state index contributed by atoms with van der Waals surface area (Å²) >= 11 is 12.4. The Morgan fingerprint density at radius 2 is 1.68 bits per heavy atom. The number of nitrogens with zero attached hydrogens (tertiary/aromatic N) is 1. The molecule has 170 valence electrons. The van der Waals surface area contributed by atoms with Gasteiger partial charge in [-0.3, -0.25) is 9.10 Å². The lowest BCUT2D eigenvalue weighted by atomic mass is 9.99. The third-order valence-electron chi connectivity index (χ3n) is 5.28. The summed E-state index contributed by atoms with van der Waals surface area (Å²) in [7, 11) is -3.60. The number of amides is 1. The van der Waals surface area contributed by atoms with E-state index in [1.807, 2.05) is 0 Å². The van der Waals surface area contributed by atoms with Crippen LogP contribution in [0.1, 0.15) is 55.5 Å². The van der Waals surface area contributed by atoms with Crippen molar-refractivity contribution < 1.29 is 13.2 Å². The molecule has 0 unspecified atom stereocenters. The molecule has 31 heavy (non-hydrogen) atoms. The minimum Gasteiger partial charge on any atom is -0.352 e. The molecule has 0 aliphatic carbocycles. The molecule has 0 saturated carbocycles. The van der Waals surface area contributed by atoms with Crippen LogP contribution in [0.3, 0.4) is 0 Å². The number of carbonyl (C=O) groups excluding carboxylic acids is 1. The van der Waals surface area contributed by atoms with E-state index in [0.29, 0.717) is 39.3 Å². The predicted molar refractivity (Wildman–Crippen MR) is 130 cm³/mol. The highest BCUT2D eigenvalue weighted by atomic mass is 35.5. The number of unbranched alkanes of at least 4 members (excludes halogenated alkanes) is 1. The second-order valence-electron chi connectivity index (χ2n) is 7.64. The van der Waals surface area contributed by atoms with E-state index in [-0.39, 0.29) is 12.5 Å². The summed E-state index contributed by atoms with van der Waals surface area (Å²) in [5, 5.41) is 3.78. The molecule has 0 fully saturated rings. The Hall–Kier alpha value is -1.76. The number of hydrogen-bond acceptors (Lipinski definition) is 3. The standard InChI is InChI=1S/C23H30Cl2N2O3S/c1-4-6-8-17(5-2)15-26-23(28)18-11-13-19(14-12-18)27(31(3,29)30)16-20-21(24)9-7-10-22(20)25/h7,9-14,17H,4-6,8,15-16H2,1-3H3,(H,26,28)/t17-/m1/s1. The summed E-state index contributed by atoms with van der Waals surface area (Å²) in [5.41, 5.74) is 1.44. The van der Waals surface area contributed by atoms with Crippen molar-refractivity contribution in [3.8, 4) is 0 Å². The Bertz CT molecular complexity index is 959. The van der Waals surface area contributed by atoms with Crippen molar-refractivity contribution in [3.63, 3.8) is 0 Å². The van der Waals surface area contributed by atoms with Gasteiger partial charge in [0.1, 0.15) is 0 Å². The van der Waals surface area contributed by atoms with Crippen LogP contribution in [0.2, 0.25) is 10.0 Å². The Balaban J connectivity index is 2.15. The van der Waals surface area contributed by atoms with Crippen molar-refractivity contribution in [2.75, 3.05) is 17.1 Å². The number of benzene rings is 2. The fourth-order valence-electron chi connectivity index (χ4n) is 3.29. The van der Waals surface area contributed by atoms with E-state index in [9.17, 15) is 13.2 Å². The molecular formula is C23H30Cl2N2O3S. The van der Waals surface area contributed by atoms with E-state index >= 15 is 0 Å². The Kier molecular flexibility index (Phi) is 9.66. The predicted octanol–water partition coefficient (Wildman–Crippen LogP) is 5.91. The van der Waals surface area contributed by atoms with Gasteiger partial charge < -0.3 is 5.32 Å². The molecule has 1 amide bonds. The molecule has 1 atom stereocenters. The summed E-state index contributed by atoms with van der Waals surface area (Å²) in [4.78, 5) is 12.5. The zero-order chi connectivity index (χ0) is 23.0. The molecule has 8 heteroatoms. The summed E-state index contributed by atoms with van der Waals surface area (Å²) in [6, 6.07) is 11.5. The Morgan fingerprint density at radius 3 is 2.19 bits per heavy atom. The van der Waals surface area contributed by atoms with Crippen LogP contribution >= 0.6 is 23.2 Å². The van der Waals surface area contributed by atoms with Crippen molar-refractivity contribution in [2.45, 2.75) is 46.1 Å². The van der Waals surface area contributed by atoms with Crippen LogP contribution in [-0.2, 0) is 16.6 Å². The second kappa shape index (κ2) is 11.7. The molecule has 0 aliphatic heterocycles. The van der Waals surface area contributed by atoms with Gasteiger partial charge >= 0.3 is 0 Å². The van der Waals surface area contributed by atoms with Gasteiger partial charge in [0.15, 0.2) is 0 Å². The molecule has 2 aromatic carbocycles. The number of rotatable bonds is 11. The van der Waals surface area contributed by atoms with E-state index in [0.717, 1.165) is 31.9 Å². The van der Waals surface area contributed by atoms with Gasteiger partial charge in [0.2, 0.25) is 10.0 Å². The third-order valence-corrected chi connectivity index (χ3v) is 7.12. The first-order valence-corrected chi connectivity index (χ1v) is 13.1. The SMILES string of the molecule is CCCC[C@@H](CC)CNC(=O)c1ccc(N(Cc2c(Cl)cccc2Cl)S(C)(=O)=O)cc1. The lowest BCUT2D eigenvalue weighted by Crippen LogP contribution is -2.30. The van der Waals surface area contributed by atoms with Gasteiger partial charge in [0, 0.05) is 27.7 Å². The molecular weight excluding hydrogens is 455 g/mol. The van der Waals surface area contributed by atoms with Gasteiger partial charge in [-0.25, -0.2) is 8.42 Å². The van der Waals surface area contributed by atoms with Gasteiger partial charge in [0.25, 0.3) is 5.91 Å². The molecule has 2 aromatic rings. The van der Waals surface area contributed by atoms with Crippen molar-refractivity contribution in [1.82, 2.24) is 5.32 Å². The zero-order valence-electron chi connectivity index (χ0n) is 18.2. The van der Waals surface area contributed by atoms with Crippen LogP contribution in [-0.4, -0.2) is 27.1 Å². The van der Waals surface area contributed by atoms with Crippen LogP contribution in [0.5, 0.6) is 0 Å². The van der Waals surface area contributed by atoms with E-state index < -0.39 is 10.0 Å². The maximum atomic E-state index is 12.5. The van der Waals surface area contributed by atoms with Crippen molar-refractivity contribution in [1.29, 1.82) is 0 Å². The summed E-state index contributed by atoms with van der Waals surface area (Å²) in [6.07, 6.45) is 5.54. The summed E-state index contributed by atoms with van der Waals surface area (Å²) in [5.74, 6) is 0.297. The molecule has 5 nitrogen and oxygen atoms in total. The zero-order valence-corrected chi connectivity index (χ0v) is 20.5. The Labute approximate surface area is 195 Å². The normalized spacial score (nSPS) is 12.4. The van der Waals surface area contributed by atoms with Crippen LogP contribution in [0.25, 0.3) is 0 Å². The van der Waals surface area contributed by atoms with E-state index in [2.05, 4.69) is 19.2 Å². The number of hydrogen-bond donors (Lipinski definition) is 1. The number of anilines is 1. The average molecular weight is 485 g/mol. The molecule has 0 heterocycles. The first-order valence-electron chi connectivity index (χ1n) is 10.5. The minimum atomic E-state index is -3.60. The van der Waals surface area contributed by atoms with Crippen molar-refractivity contribution in [2.24, 2.45) is 5.92 Å². The summed E-state index contributed by atoms with van der Waals surface area (Å²) < 4.78 is 26.1. The quantitative estimate of drug-likeness (QED) is 0.431. The van der Waals surface area contributed by atoms with E-state index in [1.165, 1.54) is 4.31 Å². The fourth-order valence-corrected chi connectivity index (χ4v) is 4.67. The van der Waals surface area contributed by atoms with Gasteiger partial charge in [-0.15, -0.1) is 0 Å². The lowest BCUT2D eigenvalue weighted by molar-refractivity contribution is 0.0946. The van der Waals surface area contributed by atoms with Crippen molar-refractivity contribution in [3.05, 3.63) is 63.6 Å². The number of nitrogens with one attached hydrogen (secondary N) is 1. The Morgan fingerprint density at radius 1 is 1.06 bits per heavy atom. The second-order valence-corrected chi connectivity index (χ2v) is 10.4. The van der Waals surface area contributed by atoms with Crippen LogP contribution in [0.15, 0.2) is 42.5 Å². The topological polar surface area (TPSA) is 66.5 Å². The van der Waals surface area contributed by atoms with Crippen molar-refractivity contribution >= 4 is 44.8 Å². The molecule has 0 aromatic heterocycles. The molecule has 0 radical (unpaired) electrons. The fraction of sp³-hybridized carbons (Fsp3) is 0.435. The maximum absolute atomic E-state index is 12.5. The van der Waals surface area contributed by atoms with Crippen LogP contribution in [0.4, 0.5) is 5.69 Å². The first kappa shape index (κ1) is 25.5. The van der Waals surface area contributed by atoms with Gasteiger partial charge in [-0.05, 0) is 48.7 Å². The highest BCUT2D eigenvalue weighted by Crippen LogP contribution is 2.29. The number of halogens is 2. The van der Waals surface area contributed by atoms with E-state index in [4.69, 9.17) is 23.2 Å². The van der Waals surface area contributed by atoms with Gasteiger partial charge in [-0.1, -0.05) is 62.4 Å². The number of sulfonamides is 1. The minimum absolute atomic E-state index is 0.00150. The molecule has 0 spiro atoms. The summed E-state index contributed by atoms with van der Waals surface area (Å²) in [6.45, 7) is 4.93. The first-order chi connectivity index (χ1) is 14.7. The lowest BCUT2D eigenvalue weighted by Gasteiger charge is -2.24. The maximum Gasteiger partial charge on any atom is 0.251 e. The molecule has 0 bridgehead atoms. The van der Waals surface area contributed by atoms with Gasteiger partial charge in [-0.2, -0.15) is 0 Å². The molecule has 0 saturated heterocycles. The molecule has 0 aliphatic rings. The smallest absolute Gasteiger partial charge is 0.251 e. The molecule has 2 rings (SSSR count). The average Bonchev–Trinajstić information content (AvgIpc) is 2.73. The molecule has 1 N–H and O–H groups in total. The third kappa shape index (κ3) is 7.41. The number of carbonyl (C=O) groups is 1. The highest BCUT2D eigenvalue weighted by Gasteiger charge is 2.21. The monoisotopic (exact) mass is 484 g/mol. The van der Waals surface area contributed by atoms with Crippen LogP contribution in [0, 0.1) is 5.92 Å². The highest BCUT2D eigenvalue weighted by molar-refractivity contribution is 7.92. The largest absolute Gasteiger partial charge is 0.352 e.